The van der Waals surface area contributed by atoms with Crippen LogP contribution in [0.2, 0.25) is 0 Å². The quantitative estimate of drug-likeness (QED) is 0.160. The molecule has 2 aliphatic carbocycles. The Hall–Kier alpha value is -5.60. The summed E-state index contributed by atoms with van der Waals surface area (Å²) in [4.78, 5) is 44.8. The molecule has 5 heterocycles. The number of rotatable bonds is 8. The van der Waals surface area contributed by atoms with E-state index in [1.165, 1.54) is 29.1 Å². The third-order valence-electron chi connectivity index (χ3n) is 11.1. The van der Waals surface area contributed by atoms with Crippen molar-refractivity contribution in [1.29, 1.82) is 0 Å². The van der Waals surface area contributed by atoms with Crippen molar-refractivity contribution in [3.05, 3.63) is 90.5 Å². The topological polar surface area (TPSA) is 135 Å². The number of aromatic nitrogens is 5. The minimum atomic E-state index is -5.06. The average Bonchev–Trinajstić information content (AvgIpc) is 3.65. The van der Waals surface area contributed by atoms with Gasteiger partial charge in [0.2, 0.25) is 5.95 Å². The second-order valence-electron chi connectivity index (χ2n) is 14.7. The molecule has 5 aromatic rings. The number of pyridine rings is 2. The number of carbonyl (C=O) groups excluding carboxylic acids is 1. The van der Waals surface area contributed by atoms with Crippen LogP contribution in [0, 0.1) is 23.6 Å². The fourth-order valence-corrected chi connectivity index (χ4v) is 8.75. The summed E-state index contributed by atoms with van der Waals surface area (Å²) in [6.07, 6.45) is 5.64. The Morgan fingerprint density at radius 2 is 1.80 bits per heavy atom. The molecule has 0 spiro atoms. The third kappa shape index (κ3) is 6.49. The fourth-order valence-electron chi connectivity index (χ4n) is 8.75. The van der Waals surface area contributed by atoms with E-state index in [4.69, 9.17) is 4.74 Å². The summed E-state index contributed by atoms with van der Waals surface area (Å²) in [6, 6.07) is 10.6. The standard InChI is InChI=1S/C39H37F4N7O4/c1-22-15-23-17-24(16-22)38(19-23,36(52)53)48-35(51)28-5-6-31(47-34(28)39(41,42)43)29-21-50(32-7-12-44-20-30(32)40)33-18-26(3-4-27(29)33)54-25-8-13-49(14-9-25)37-45-10-2-11-46-37/h2-7,10-12,18,20-25H,8-9,13-17,19H2,1H3,(H,48,51)(H,52,53). The van der Waals surface area contributed by atoms with Crippen LogP contribution in [0.5, 0.6) is 5.75 Å². The highest BCUT2D eigenvalue weighted by molar-refractivity contribution is 6.01. The summed E-state index contributed by atoms with van der Waals surface area (Å²) in [6.45, 7) is 3.38. The summed E-state index contributed by atoms with van der Waals surface area (Å²) >= 11 is 0. The van der Waals surface area contributed by atoms with Crippen molar-refractivity contribution in [1.82, 2.24) is 29.8 Å². The summed E-state index contributed by atoms with van der Waals surface area (Å²) < 4.78 is 67.3. The minimum Gasteiger partial charge on any atom is -0.490 e. The highest BCUT2D eigenvalue weighted by Crippen LogP contribution is 2.51. The zero-order valence-corrected chi connectivity index (χ0v) is 29.3. The number of aliphatic carboxylic acids is 1. The average molecular weight is 744 g/mol. The number of alkyl halides is 3. The number of carboxylic acids is 1. The Balaban J connectivity index is 1.13. The molecule has 1 saturated heterocycles. The van der Waals surface area contributed by atoms with Crippen LogP contribution in [-0.2, 0) is 11.0 Å². The van der Waals surface area contributed by atoms with Gasteiger partial charge in [-0.1, -0.05) is 6.92 Å². The van der Waals surface area contributed by atoms with Crippen molar-refractivity contribution in [2.24, 2.45) is 17.8 Å². The molecule has 2 N–H and O–H groups in total. The van der Waals surface area contributed by atoms with Crippen LogP contribution in [0.3, 0.4) is 0 Å². The van der Waals surface area contributed by atoms with Crippen molar-refractivity contribution in [2.75, 3.05) is 18.0 Å². The van der Waals surface area contributed by atoms with Gasteiger partial charge in [-0.05, 0) is 79.8 Å². The molecule has 4 aromatic heterocycles. The van der Waals surface area contributed by atoms with Crippen molar-refractivity contribution in [3.8, 4) is 22.7 Å². The van der Waals surface area contributed by atoms with Gasteiger partial charge in [0.05, 0.1) is 28.7 Å². The van der Waals surface area contributed by atoms with Crippen molar-refractivity contribution in [3.63, 3.8) is 0 Å². The molecular formula is C39H37F4N7O4. The Morgan fingerprint density at radius 3 is 2.52 bits per heavy atom. The summed E-state index contributed by atoms with van der Waals surface area (Å²) in [5.41, 5.74) is -3.19. The molecule has 1 aromatic carbocycles. The van der Waals surface area contributed by atoms with Crippen molar-refractivity contribution >= 4 is 28.7 Å². The number of hydrogen-bond acceptors (Lipinski definition) is 8. The molecule has 11 nitrogen and oxygen atoms in total. The van der Waals surface area contributed by atoms with Crippen LogP contribution >= 0.6 is 0 Å². The molecule has 2 saturated carbocycles. The first-order valence-corrected chi connectivity index (χ1v) is 18.0. The summed E-state index contributed by atoms with van der Waals surface area (Å²) in [5, 5.41) is 13.3. The van der Waals surface area contributed by atoms with E-state index in [-0.39, 0.29) is 47.2 Å². The Bertz CT molecular complexity index is 2220. The number of ether oxygens (including phenoxy) is 1. The third-order valence-corrected chi connectivity index (χ3v) is 11.1. The maximum Gasteiger partial charge on any atom is 0.434 e. The molecule has 2 bridgehead atoms. The number of amides is 1. The second kappa shape index (κ2) is 13.7. The van der Waals surface area contributed by atoms with E-state index in [0.29, 0.717) is 61.4 Å². The lowest BCUT2D eigenvalue weighted by atomic mass is 9.78. The number of carboxylic acid groups (broad SMARTS) is 1. The molecule has 54 heavy (non-hydrogen) atoms. The highest BCUT2D eigenvalue weighted by Gasteiger charge is 2.56. The maximum atomic E-state index is 15.2. The normalized spacial score (nSPS) is 23.1. The van der Waals surface area contributed by atoms with Gasteiger partial charge in [0, 0.05) is 67.7 Å². The Labute approximate surface area is 307 Å². The van der Waals surface area contributed by atoms with E-state index < -0.39 is 40.7 Å². The zero-order chi connectivity index (χ0) is 37.8. The van der Waals surface area contributed by atoms with Gasteiger partial charge < -0.3 is 24.6 Å². The number of fused-ring (bicyclic) bond motifs is 3. The van der Waals surface area contributed by atoms with E-state index in [1.807, 2.05) is 6.92 Å². The first-order chi connectivity index (χ1) is 25.9. The molecule has 0 radical (unpaired) electrons. The number of halogens is 4. The van der Waals surface area contributed by atoms with Crippen molar-refractivity contribution in [2.45, 2.75) is 63.3 Å². The molecule has 8 rings (SSSR count). The van der Waals surface area contributed by atoms with Gasteiger partial charge in [0.1, 0.15) is 17.4 Å². The van der Waals surface area contributed by atoms with Gasteiger partial charge in [-0.2, -0.15) is 13.2 Å². The second-order valence-corrected chi connectivity index (χ2v) is 14.7. The highest BCUT2D eigenvalue weighted by atomic mass is 19.4. The van der Waals surface area contributed by atoms with E-state index in [0.717, 1.165) is 18.7 Å². The number of piperidine rings is 1. The van der Waals surface area contributed by atoms with Crippen molar-refractivity contribution < 1.29 is 37.0 Å². The molecule has 280 valence electrons. The van der Waals surface area contributed by atoms with Gasteiger partial charge in [-0.25, -0.2) is 24.1 Å². The lowest BCUT2D eigenvalue weighted by Crippen LogP contribution is -2.57. The Kier molecular flexibility index (Phi) is 8.97. The summed E-state index contributed by atoms with van der Waals surface area (Å²) in [5.74, 6) is -1.99. The number of benzene rings is 1. The van der Waals surface area contributed by atoms with Crippen LogP contribution in [0.4, 0.5) is 23.5 Å². The number of nitrogens with one attached hydrogen (secondary N) is 1. The predicted molar refractivity (Wildman–Crippen MR) is 190 cm³/mol. The Morgan fingerprint density at radius 1 is 1.02 bits per heavy atom. The van der Waals surface area contributed by atoms with Crippen LogP contribution in [0.15, 0.2) is 73.4 Å². The first kappa shape index (κ1) is 35.4. The lowest BCUT2D eigenvalue weighted by Gasteiger charge is -2.33. The largest absolute Gasteiger partial charge is 0.490 e. The van der Waals surface area contributed by atoms with Crippen LogP contribution in [0.25, 0.3) is 27.8 Å². The lowest BCUT2D eigenvalue weighted by molar-refractivity contribution is -0.146. The number of anilines is 1. The van der Waals surface area contributed by atoms with Gasteiger partial charge in [0.15, 0.2) is 11.5 Å². The zero-order valence-electron chi connectivity index (χ0n) is 29.3. The smallest absolute Gasteiger partial charge is 0.434 e. The van der Waals surface area contributed by atoms with Crippen LogP contribution in [0.1, 0.15) is 61.5 Å². The van der Waals surface area contributed by atoms with Gasteiger partial charge in [-0.3, -0.25) is 9.78 Å². The molecule has 1 amide bonds. The number of nitrogens with zero attached hydrogens (tertiary/aromatic N) is 6. The van der Waals surface area contributed by atoms with Crippen LogP contribution < -0.4 is 15.0 Å². The molecular weight excluding hydrogens is 706 g/mol. The SMILES string of the molecule is CC1CC2CC(C1)C(NC(=O)c1ccc(-c3cn(-c4ccncc4F)c4cc(OC5CCN(c6ncccn6)CC5)ccc34)nc1C(F)(F)F)(C(=O)O)C2. The predicted octanol–water partition coefficient (Wildman–Crippen LogP) is 7.09. The van der Waals surface area contributed by atoms with E-state index >= 15 is 4.39 Å². The molecule has 3 aliphatic rings. The van der Waals surface area contributed by atoms with Crippen LogP contribution in [-0.4, -0.2) is 66.2 Å². The molecule has 1 aliphatic heterocycles. The van der Waals surface area contributed by atoms with E-state index in [1.54, 1.807) is 36.7 Å². The summed E-state index contributed by atoms with van der Waals surface area (Å²) in [7, 11) is 0. The molecule has 15 heteroatoms. The fraction of sp³-hybridized carbons (Fsp3) is 0.385. The minimum absolute atomic E-state index is 0.0639. The first-order valence-electron chi connectivity index (χ1n) is 18.0. The number of carbonyl (C=O) groups is 2. The maximum absolute atomic E-state index is 15.2. The molecule has 4 atom stereocenters. The van der Waals surface area contributed by atoms with E-state index in [2.05, 4.69) is 30.2 Å². The van der Waals surface area contributed by atoms with E-state index in [9.17, 15) is 27.9 Å². The van der Waals surface area contributed by atoms with Gasteiger partial charge in [0.25, 0.3) is 5.91 Å². The number of hydrogen-bond donors (Lipinski definition) is 2. The van der Waals surface area contributed by atoms with Gasteiger partial charge in [-0.15, -0.1) is 0 Å². The molecule has 4 unspecified atom stereocenters. The molecule has 3 fully saturated rings. The van der Waals surface area contributed by atoms with Gasteiger partial charge >= 0.3 is 12.1 Å². The monoisotopic (exact) mass is 743 g/mol.